The van der Waals surface area contributed by atoms with Gasteiger partial charge < -0.3 is 10.6 Å². The van der Waals surface area contributed by atoms with Gasteiger partial charge in [-0.25, -0.2) is 8.42 Å². The lowest BCUT2D eigenvalue weighted by Crippen LogP contribution is -2.48. The lowest BCUT2D eigenvalue weighted by Gasteiger charge is -2.35. The van der Waals surface area contributed by atoms with Crippen molar-refractivity contribution in [3.63, 3.8) is 0 Å². The van der Waals surface area contributed by atoms with Gasteiger partial charge in [0.1, 0.15) is 0 Å². The summed E-state index contributed by atoms with van der Waals surface area (Å²) in [5, 5.41) is 7.27. The molecule has 0 aromatic carbocycles. The normalized spacial score (nSPS) is 30.5. The molecule has 5 nitrogen and oxygen atoms in total. The van der Waals surface area contributed by atoms with Crippen molar-refractivity contribution in [3.8, 4) is 0 Å². The minimum atomic E-state index is -2.82. The van der Waals surface area contributed by atoms with E-state index in [0.717, 1.165) is 12.4 Å². The third-order valence-electron chi connectivity index (χ3n) is 6.21. The zero-order valence-corrected chi connectivity index (χ0v) is 16.7. The summed E-state index contributed by atoms with van der Waals surface area (Å²) in [7, 11) is -2.82. The van der Waals surface area contributed by atoms with Gasteiger partial charge >= 0.3 is 0 Å². The number of hydrogen-bond donors (Lipinski definition) is 2. The van der Waals surface area contributed by atoms with E-state index in [1.165, 1.54) is 51.4 Å². The van der Waals surface area contributed by atoms with Gasteiger partial charge in [0.25, 0.3) is 0 Å². The van der Waals surface area contributed by atoms with Crippen molar-refractivity contribution in [1.29, 1.82) is 0 Å². The van der Waals surface area contributed by atoms with Gasteiger partial charge in [0.15, 0.2) is 15.8 Å². The Bertz CT molecular complexity index is 569. The van der Waals surface area contributed by atoms with Crippen LogP contribution >= 0.6 is 0 Å². The number of guanidine groups is 1. The van der Waals surface area contributed by atoms with Crippen LogP contribution in [0, 0.1) is 11.3 Å². The highest BCUT2D eigenvalue weighted by Crippen LogP contribution is 2.35. The molecule has 0 amide bonds. The first-order valence-electron chi connectivity index (χ1n) is 10.1. The second kappa shape index (κ2) is 7.85. The fraction of sp³-hybridized carbons (Fsp3) is 0.947. The first kappa shape index (κ1) is 19.0. The van der Waals surface area contributed by atoms with Crippen molar-refractivity contribution in [1.82, 2.24) is 10.6 Å². The van der Waals surface area contributed by atoms with Crippen LogP contribution in [0.4, 0.5) is 0 Å². The van der Waals surface area contributed by atoms with Gasteiger partial charge in [0.2, 0.25) is 0 Å². The molecule has 25 heavy (non-hydrogen) atoms. The molecule has 0 spiro atoms. The van der Waals surface area contributed by atoms with E-state index in [1.54, 1.807) is 0 Å². The molecule has 0 radical (unpaired) electrons. The number of rotatable bonds is 4. The van der Waals surface area contributed by atoms with E-state index in [4.69, 9.17) is 4.99 Å². The molecule has 1 heterocycles. The van der Waals surface area contributed by atoms with Crippen LogP contribution in [0.3, 0.4) is 0 Å². The predicted molar refractivity (Wildman–Crippen MR) is 104 cm³/mol. The number of hydrogen-bond acceptors (Lipinski definition) is 3. The van der Waals surface area contributed by atoms with Crippen molar-refractivity contribution >= 4 is 15.8 Å². The lowest BCUT2D eigenvalue weighted by atomic mass is 9.75. The molecule has 0 bridgehead atoms. The summed E-state index contributed by atoms with van der Waals surface area (Å²) < 4.78 is 23.3. The quantitative estimate of drug-likeness (QED) is 0.590. The van der Waals surface area contributed by atoms with Crippen molar-refractivity contribution in [2.75, 3.05) is 18.1 Å². The van der Waals surface area contributed by atoms with Crippen LogP contribution in [0.2, 0.25) is 0 Å². The molecule has 3 aliphatic rings. The molecular weight excluding hydrogens is 334 g/mol. The summed E-state index contributed by atoms with van der Waals surface area (Å²) in [6.45, 7) is 5.34. The summed E-state index contributed by atoms with van der Waals surface area (Å²) in [6.07, 6.45) is 10.7. The van der Waals surface area contributed by atoms with Crippen LogP contribution < -0.4 is 10.6 Å². The lowest BCUT2D eigenvalue weighted by molar-refractivity contribution is 0.216. The monoisotopic (exact) mass is 369 g/mol. The van der Waals surface area contributed by atoms with Crippen molar-refractivity contribution in [3.05, 3.63) is 0 Å². The Labute approximate surface area is 153 Å². The van der Waals surface area contributed by atoms with Crippen molar-refractivity contribution in [2.24, 2.45) is 16.3 Å². The van der Waals surface area contributed by atoms with Gasteiger partial charge in [0.05, 0.1) is 11.5 Å². The third-order valence-corrected chi connectivity index (χ3v) is 8.05. The molecule has 2 aliphatic carbocycles. The van der Waals surface area contributed by atoms with Crippen LogP contribution in [-0.4, -0.2) is 44.5 Å². The summed E-state index contributed by atoms with van der Waals surface area (Å²) in [4.78, 5) is 4.80. The van der Waals surface area contributed by atoms with Gasteiger partial charge in [-0.1, -0.05) is 26.7 Å². The molecule has 0 aromatic heterocycles. The van der Waals surface area contributed by atoms with E-state index in [2.05, 4.69) is 24.5 Å². The van der Waals surface area contributed by atoms with Crippen LogP contribution in [0.25, 0.3) is 0 Å². The smallest absolute Gasteiger partial charge is 0.191 e. The molecule has 1 saturated heterocycles. The van der Waals surface area contributed by atoms with Gasteiger partial charge in [-0.15, -0.1) is 0 Å². The molecule has 0 aromatic rings. The third kappa shape index (κ3) is 5.87. The van der Waals surface area contributed by atoms with E-state index < -0.39 is 9.84 Å². The second-order valence-corrected chi connectivity index (χ2v) is 11.4. The Hall–Kier alpha value is -0.780. The average molecular weight is 370 g/mol. The Morgan fingerprint density at radius 2 is 1.60 bits per heavy atom. The Kier molecular flexibility index (Phi) is 5.96. The minimum absolute atomic E-state index is 0.192. The molecule has 3 fully saturated rings. The average Bonchev–Trinajstić information content (AvgIpc) is 3.16. The molecular formula is C19H35N3O2S. The molecule has 1 atom stereocenters. The molecule has 144 valence electrons. The Balaban J connectivity index is 1.57. The summed E-state index contributed by atoms with van der Waals surface area (Å²) >= 11 is 0. The maximum absolute atomic E-state index is 11.7. The van der Waals surface area contributed by atoms with E-state index in [1.807, 2.05) is 0 Å². The van der Waals surface area contributed by atoms with E-state index >= 15 is 0 Å². The standard InChI is InChI=1S/C19H35N3O2S/c1-19(2)10-7-17(8-11-19)22-18(21-16-5-3-4-6-16)20-13-15-9-12-25(23,24)14-15/h15-17H,3-14H2,1-2H3,(H2,20,21,22). The zero-order chi connectivity index (χ0) is 17.9. The highest BCUT2D eigenvalue weighted by Gasteiger charge is 2.29. The summed E-state index contributed by atoms with van der Waals surface area (Å²) in [5.74, 6) is 1.76. The number of sulfone groups is 1. The zero-order valence-electron chi connectivity index (χ0n) is 15.9. The molecule has 2 saturated carbocycles. The molecule has 2 N–H and O–H groups in total. The number of nitrogens with zero attached hydrogens (tertiary/aromatic N) is 1. The number of nitrogens with one attached hydrogen (secondary N) is 2. The first-order chi connectivity index (χ1) is 11.8. The number of aliphatic imine (C=N–C) groups is 1. The van der Waals surface area contributed by atoms with Gasteiger partial charge in [-0.2, -0.15) is 0 Å². The van der Waals surface area contributed by atoms with Crippen LogP contribution in [0.15, 0.2) is 4.99 Å². The fourth-order valence-corrected chi connectivity index (χ4v) is 6.22. The van der Waals surface area contributed by atoms with Crippen LogP contribution in [0.1, 0.15) is 71.6 Å². The van der Waals surface area contributed by atoms with Crippen molar-refractivity contribution in [2.45, 2.75) is 83.7 Å². The Morgan fingerprint density at radius 1 is 1.00 bits per heavy atom. The maximum Gasteiger partial charge on any atom is 0.191 e. The van der Waals surface area contributed by atoms with E-state index in [-0.39, 0.29) is 5.92 Å². The van der Waals surface area contributed by atoms with Crippen LogP contribution in [0.5, 0.6) is 0 Å². The molecule has 3 rings (SSSR count). The summed E-state index contributed by atoms with van der Waals surface area (Å²) in [6, 6.07) is 1.02. The second-order valence-electron chi connectivity index (χ2n) is 9.17. The topological polar surface area (TPSA) is 70.6 Å². The van der Waals surface area contributed by atoms with Gasteiger partial charge in [-0.05, 0) is 56.3 Å². The van der Waals surface area contributed by atoms with Crippen molar-refractivity contribution < 1.29 is 8.42 Å². The highest BCUT2D eigenvalue weighted by atomic mass is 32.2. The fourth-order valence-electron chi connectivity index (χ4n) is 4.37. The van der Waals surface area contributed by atoms with Gasteiger partial charge in [0, 0.05) is 18.6 Å². The molecule has 1 unspecified atom stereocenters. The Morgan fingerprint density at radius 3 is 2.16 bits per heavy atom. The summed E-state index contributed by atoms with van der Waals surface area (Å²) in [5.41, 5.74) is 0.465. The van der Waals surface area contributed by atoms with E-state index in [9.17, 15) is 8.42 Å². The first-order valence-corrected chi connectivity index (χ1v) is 11.9. The maximum atomic E-state index is 11.7. The van der Waals surface area contributed by atoms with E-state index in [0.29, 0.717) is 35.5 Å². The largest absolute Gasteiger partial charge is 0.354 e. The predicted octanol–water partition coefficient (Wildman–Crippen LogP) is 2.87. The van der Waals surface area contributed by atoms with Crippen LogP contribution in [-0.2, 0) is 9.84 Å². The molecule has 1 aliphatic heterocycles. The SMILES string of the molecule is CC1(C)CCC(NC(=NCC2CCS(=O)(=O)C2)NC2CCCC2)CC1. The highest BCUT2D eigenvalue weighted by molar-refractivity contribution is 7.91. The minimum Gasteiger partial charge on any atom is -0.354 e. The van der Waals surface area contributed by atoms with Gasteiger partial charge in [-0.3, -0.25) is 4.99 Å². The molecule has 6 heteroatoms.